The molecule has 1 aliphatic heterocycles. The van der Waals surface area contributed by atoms with E-state index in [1.165, 1.54) is 19.2 Å². The molecule has 1 heterocycles. The Kier molecular flexibility index (Phi) is 5.09. The number of rotatable bonds is 4. The molecule has 1 aromatic carbocycles. The van der Waals surface area contributed by atoms with Crippen molar-refractivity contribution in [3.05, 3.63) is 22.7 Å². The van der Waals surface area contributed by atoms with Crippen molar-refractivity contribution in [3.63, 3.8) is 0 Å². The Hall–Kier alpha value is -1.46. The van der Waals surface area contributed by atoms with Crippen molar-refractivity contribution in [1.82, 2.24) is 5.32 Å². The summed E-state index contributed by atoms with van der Waals surface area (Å²) in [5.41, 5.74) is 0.0849. The zero-order valence-corrected chi connectivity index (χ0v) is 12.1. The fraction of sp³-hybridized carbons (Fsp3) is 0.500. The Balaban J connectivity index is 2.23. The topological polar surface area (TPSA) is 67.8 Å². The molecule has 1 aromatic rings. The molecule has 1 aliphatic rings. The average molecular weight is 300 g/mol. The lowest BCUT2D eigenvalue weighted by Crippen LogP contribution is -2.19. The van der Waals surface area contributed by atoms with Crippen LogP contribution in [-0.4, -0.2) is 37.4 Å². The number of hydrogen-bond acceptors (Lipinski definition) is 4. The van der Waals surface area contributed by atoms with Gasteiger partial charge in [0.1, 0.15) is 6.10 Å². The van der Waals surface area contributed by atoms with E-state index < -0.39 is 5.97 Å². The van der Waals surface area contributed by atoms with Crippen molar-refractivity contribution in [1.29, 1.82) is 0 Å². The van der Waals surface area contributed by atoms with Crippen LogP contribution in [0.4, 0.5) is 0 Å². The molecule has 5 nitrogen and oxygen atoms in total. The van der Waals surface area contributed by atoms with Crippen molar-refractivity contribution in [3.8, 4) is 11.5 Å². The standard InChI is InChI=1S/C14H18ClNO4/c1-19-12-8-9(14(17)18)7-11(15)13(12)20-10-3-2-5-16-6-4-10/h7-8,10,16H,2-6H2,1H3,(H,17,18). The van der Waals surface area contributed by atoms with Gasteiger partial charge in [-0.25, -0.2) is 4.79 Å². The Labute approximate surface area is 122 Å². The number of carbonyl (C=O) groups is 1. The molecule has 6 heteroatoms. The molecule has 0 spiro atoms. The summed E-state index contributed by atoms with van der Waals surface area (Å²) >= 11 is 6.13. The number of ether oxygens (including phenoxy) is 2. The van der Waals surface area contributed by atoms with E-state index in [0.29, 0.717) is 11.5 Å². The summed E-state index contributed by atoms with van der Waals surface area (Å²) in [7, 11) is 1.47. The third-order valence-corrected chi connectivity index (χ3v) is 3.56. The van der Waals surface area contributed by atoms with Gasteiger partial charge in [-0.15, -0.1) is 0 Å². The maximum Gasteiger partial charge on any atom is 0.335 e. The van der Waals surface area contributed by atoms with Crippen molar-refractivity contribution in [2.75, 3.05) is 20.2 Å². The predicted octanol–water partition coefficient (Wildman–Crippen LogP) is 2.57. The molecule has 2 rings (SSSR count). The molecular weight excluding hydrogens is 282 g/mol. The first-order valence-electron chi connectivity index (χ1n) is 6.60. The number of halogens is 1. The SMILES string of the molecule is COc1cc(C(=O)O)cc(Cl)c1OC1CCCNCC1. The molecule has 110 valence electrons. The molecule has 1 saturated heterocycles. The summed E-state index contributed by atoms with van der Waals surface area (Å²) in [6.07, 6.45) is 2.93. The number of nitrogens with one attached hydrogen (secondary N) is 1. The Morgan fingerprint density at radius 1 is 1.40 bits per heavy atom. The largest absolute Gasteiger partial charge is 0.493 e. The van der Waals surface area contributed by atoms with Crippen LogP contribution in [-0.2, 0) is 0 Å². The first kappa shape index (κ1) is 14.9. The molecular formula is C14H18ClNO4. The van der Waals surface area contributed by atoms with Gasteiger partial charge in [-0.05, 0) is 44.5 Å². The first-order valence-corrected chi connectivity index (χ1v) is 6.98. The maximum absolute atomic E-state index is 11.0. The highest BCUT2D eigenvalue weighted by atomic mass is 35.5. The minimum atomic E-state index is -1.05. The summed E-state index contributed by atoms with van der Waals surface area (Å²) in [6, 6.07) is 2.81. The molecule has 0 bridgehead atoms. The van der Waals surface area contributed by atoms with E-state index in [2.05, 4.69) is 5.32 Å². The highest BCUT2D eigenvalue weighted by molar-refractivity contribution is 6.32. The third kappa shape index (κ3) is 3.55. The number of carboxylic acid groups (broad SMARTS) is 1. The number of aromatic carboxylic acids is 1. The second-order valence-corrected chi connectivity index (χ2v) is 5.12. The number of hydrogen-bond donors (Lipinski definition) is 2. The van der Waals surface area contributed by atoms with Gasteiger partial charge in [0, 0.05) is 0 Å². The molecule has 20 heavy (non-hydrogen) atoms. The number of methoxy groups -OCH3 is 1. The first-order chi connectivity index (χ1) is 9.61. The zero-order chi connectivity index (χ0) is 14.5. The lowest BCUT2D eigenvalue weighted by molar-refractivity contribution is 0.0696. The summed E-state index contributed by atoms with van der Waals surface area (Å²) in [4.78, 5) is 11.0. The number of carboxylic acids is 1. The van der Waals surface area contributed by atoms with Crippen LogP contribution in [0, 0.1) is 0 Å². The van der Waals surface area contributed by atoms with Gasteiger partial charge in [0.15, 0.2) is 11.5 Å². The van der Waals surface area contributed by atoms with Gasteiger partial charge in [-0.2, -0.15) is 0 Å². The van der Waals surface area contributed by atoms with E-state index in [-0.39, 0.29) is 16.7 Å². The van der Waals surface area contributed by atoms with Crippen LogP contribution < -0.4 is 14.8 Å². The van der Waals surface area contributed by atoms with Gasteiger partial charge in [-0.3, -0.25) is 0 Å². The average Bonchev–Trinajstić information content (AvgIpc) is 2.69. The molecule has 2 N–H and O–H groups in total. The quantitative estimate of drug-likeness (QED) is 0.894. The van der Waals surface area contributed by atoms with Crippen molar-refractivity contribution >= 4 is 17.6 Å². The lowest BCUT2D eigenvalue weighted by Gasteiger charge is -2.20. The van der Waals surface area contributed by atoms with Crippen LogP contribution in [0.2, 0.25) is 5.02 Å². The summed E-state index contributed by atoms with van der Waals surface area (Å²) in [5.74, 6) is -0.270. The molecule has 0 aliphatic carbocycles. The smallest absolute Gasteiger partial charge is 0.335 e. The molecule has 0 radical (unpaired) electrons. The van der Waals surface area contributed by atoms with E-state index in [1.54, 1.807) is 0 Å². The molecule has 1 atom stereocenters. The summed E-state index contributed by atoms with van der Waals surface area (Å²) in [6.45, 7) is 1.89. The second-order valence-electron chi connectivity index (χ2n) is 4.72. The minimum Gasteiger partial charge on any atom is -0.493 e. The molecule has 0 amide bonds. The van der Waals surface area contributed by atoms with Crippen molar-refractivity contribution < 1.29 is 19.4 Å². The normalized spacial score (nSPS) is 19.2. The Morgan fingerprint density at radius 3 is 2.90 bits per heavy atom. The van der Waals surface area contributed by atoms with Crippen molar-refractivity contribution in [2.24, 2.45) is 0 Å². The van der Waals surface area contributed by atoms with Gasteiger partial charge >= 0.3 is 5.97 Å². The van der Waals surface area contributed by atoms with Gasteiger partial charge in [-0.1, -0.05) is 11.6 Å². The Morgan fingerprint density at radius 2 is 2.20 bits per heavy atom. The van der Waals surface area contributed by atoms with Crippen LogP contribution in [0.1, 0.15) is 29.6 Å². The van der Waals surface area contributed by atoms with E-state index in [1.807, 2.05) is 0 Å². The van der Waals surface area contributed by atoms with Crippen LogP contribution in [0.5, 0.6) is 11.5 Å². The predicted molar refractivity (Wildman–Crippen MR) is 76.1 cm³/mol. The van der Waals surface area contributed by atoms with Crippen LogP contribution in [0.15, 0.2) is 12.1 Å². The fourth-order valence-corrected chi connectivity index (χ4v) is 2.48. The lowest BCUT2D eigenvalue weighted by atomic mass is 10.1. The molecule has 0 saturated carbocycles. The van der Waals surface area contributed by atoms with Gasteiger partial charge in [0.25, 0.3) is 0 Å². The van der Waals surface area contributed by atoms with Gasteiger partial charge in [0.05, 0.1) is 17.7 Å². The van der Waals surface area contributed by atoms with E-state index in [0.717, 1.165) is 32.4 Å². The molecule has 0 aromatic heterocycles. The monoisotopic (exact) mass is 299 g/mol. The van der Waals surface area contributed by atoms with E-state index in [9.17, 15) is 4.79 Å². The van der Waals surface area contributed by atoms with Crippen LogP contribution in [0.25, 0.3) is 0 Å². The molecule has 1 fully saturated rings. The second kappa shape index (κ2) is 6.81. The Bertz CT molecular complexity index is 484. The maximum atomic E-state index is 11.0. The van der Waals surface area contributed by atoms with E-state index >= 15 is 0 Å². The van der Waals surface area contributed by atoms with Crippen molar-refractivity contribution in [2.45, 2.75) is 25.4 Å². The highest BCUT2D eigenvalue weighted by Crippen LogP contribution is 2.37. The highest BCUT2D eigenvalue weighted by Gasteiger charge is 2.20. The number of benzene rings is 1. The zero-order valence-electron chi connectivity index (χ0n) is 11.3. The minimum absolute atomic E-state index is 0.0621. The van der Waals surface area contributed by atoms with Gasteiger partial charge in [0.2, 0.25) is 0 Å². The summed E-state index contributed by atoms with van der Waals surface area (Å²) < 4.78 is 11.1. The van der Waals surface area contributed by atoms with Crippen LogP contribution in [0.3, 0.4) is 0 Å². The van der Waals surface area contributed by atoms with Gasteiger partial charge < -0.3 is 19.9 Å². The fourth-order valence-electron chi connectivity index (χ4n) is 2.23. The van der Waals surface area contributed by atoms with E-state index in [4.69, 9.17) is 26.2 Å². The molecule has 1 unspecified atom stereocenters. The summed E-state index contributed by atoms with van der Waals surface area (Å²) in [5, 5.41) is 12.6. The van der Waals surface area contributed by atoms with Crippen LogP contribution >= 0.6 is 11.6 Å². The third-order valence-electron chi connectivity index (χ3n) is 3.28.